The number of methoxy groups -OCH3 is 1. The van der Waals surface area contributed by atoms with Crippen LogP contribution in [0.5, 0.6) is 5.75 Å². The van der Waals surface area contributed by atoms with Crippen molar-refractivity contribution in [1.82, 2.24) is 29.3 Å². The molecule has 0 bridgehead atoms. The van der Waals surface area contributed by atoms with Crippen molar-refractivity contribution in [3.8, 4) is 22.7 Å². The SMILES string of the molecule is COc1ccc(-c2nn([C@@H](C)c3nc4cccc(Cl)c4c(=O)n3-c3ccccc3)c3ncnc(N)c23)c(F)c1F.O=S(=O)(O)O. The van der Waals surface area contributed by atoms with Gasteiger partial charge in [0, 0.05) is 5.56 Å². The molecule has 0 aliphatic rings. The number of halogens is 3. The van der Waals surface area contributed by atoms with E-state index in [9.17, 15) is 9.18 Å². The van der Waals surface area contributed by atoms with Gasteiger partial charge in [-0.3, -0.25) is 18.5 Å². The Hall–Kier alpha value is -5.03. The van der Waals surface area contributed by atoms with E-state index < -0.39 is 28.1 Å². The van der Waals surface area contributed by atoms with Crippen molar-refractivity contribution in [2.45, 2.75) is 13.0 Å². The lowest BCUT2D eigenvalue weighted by Crippen LogP contribution is -2.27. The summed E-state index contributed by atoms with van der Waals surface area (Å²) in [5.74, 6) is -2.26. The normalized spacial score (nSPS) is 12.2. The predicted molar refractivity (Wildman–Crippen MR) is 162 cm³/mol. The van der Waals surface area contributed by atoms with E-state index in [1.165, 1.54) is 34.8 Å². The zero-order valence-electron chi connectivity index (χ0n) is 23.3. The molecular formula is C28H22ClF2N7O6S. The van der Waals surface area contributed by atoms with E-state index in [0.29, 0.717) is 17.0 Å². The second kappa shape index (κ2) is 12.2. The van der Waals surface area contributed by atoms with Gasteiger partial charge in [-0.05, 0) is 43.3 Å². The Morgan fingerprint density at radius 2 is 1.67 bits per heavy atom. The van der Waals surface area contributed by atoms with Crippen LogP contribution in [0.4, 0.5) is 14.6 Å². The molecule has 0 unspecified atom stereocenters. The molecule has 6 rings (SSSR count). The number of hydrogen-bond donors (Lipinski definition) is 3. The molecule has 6 aromatic rings. The molecule has 0 spiro atoms. The Bertz CT molecular complexity index is 2240. The van der Waals surface area contributed by atoms with Crippen molar-refractivity contribution in [1.29, 1.82) is 0 Å². The Labute approximate surface area is 258 Å². The highest BCUT2D eigenvalue weighted by Crippen LogP contribution is 2.36. The molecule has 0 fully saturated rings. The van der Waals surface area contributed by atoms with E-state index in [0.717, 1.165) is 0 Å². The van der Waals surface area contributed by atoms with Gasteiger partial charge < -0.3 is 10.5 Å². The fourth-order valence-corrected chi connectivity index (χ4v) is 5.00. The Kier molecular flexibility index (Phi) is 8.48. The van der Waals surface area contributed by atoms with Crippen LogP contribution in [0.25, 0.3) is 38.9 Å². The standard InChI is InChI=1S/C28H20ClF2N7O2.H2O4S/c1-14(26-35-18-10-6-9-17(29)20(18)28(39)37(26)15-7-4-3-5-8-15)38-27-21(25(32)33-13-34-27)24(36-38)16-11-12-19(40-2)23(31)22(16)30;1-5(2,3)4/h3-14H,1-2H3,(H2,32,33,34);(H2,1,2,3,4)/t14-;/m0./s1. The molecule has 0 aliphatic carbocycles. The van der Waals surface area contributed by atoms with Crippen LogP contribution in [-0.4, -0.2) is 53.9 Å². The van der Waals surface area contributed by atoms with Crippen molar-refractivity contribution in [2.24, 2.45) is 0 Å². The lowest BCUT2D eigenvalue weighted by molar-refractivity contribution is 0.372. The maximum atomic E-state index is 15.2. The highest BCUT2D eigenvalue weighted by atomic mass is 35.5. The lowest BCUT2D eigenvalue weighted by Gasteiger charge is -2.19. The molecule has 13 nitrogen and oxygen atoms in total. The van der Waals surface area contributed by atoms with Crippen LogP contribution in [0, 0.1) is 11.6 Å². The number of anilines is 1. The number of rotatable bonds is 5. The third kappa shape index (κ3) is 6.03. The largest absolute Gasteiger partial charge is 0.494 e. The lowest BCUT2D eigenvalue weighted by atomic mass is 10.1. The molecule has 4 N–H and O–H groups in total. The van der Waals surface area contributed by atoms with E-state index >= 15 is 4.39 Å². The summed E-state index contributed by atoms with van der Waals surface area (Å²) in [6.07, 6.45) is 1.25. The Morgan fingerprint density at radius 3 is 2.33 bits per heavy atom. The monoisotopic (exact) mass is 657 g/mol. The van der Waals surface area contributed by atoms with E-state index in [1.807, 2.05) is 6.07 Å². The van der Waals surface area contributed by atoms with Crippen LogP contribution in [-0.2, 0) is 10.4 Å². The van der Waals surface area contributed by atoms with Gasteiger partial charge in [-0.1, -0.05) is 35.9 Å². The maximum absolute atomic E-state index is 15.2. The van der Waals surface area contributed by atoms with Crippen LogP contribution in [0.3, 0.4) is 0 Å². The summed E-state index contributed by atoms with van der Waals surface area (Å²) in [6.45, 7) is 1.76. The van der Waals surface area contributed by atoms with Gasteiger partial charge in [0.2, 0.25) is 5.82 Å². The van der Waals surface area contributed by atoms with Crippen molar-refractivity contribution < 1.29 is 31.0 Å². The predicted octanol–water partition coefficient (Wildman–Crippen LogP) is 4.67. The first-order valence-corrected chi connectivity index (χ1v) is 14.6. The van der Waals surface area contributed by atoms with Gasteiger partial charge in [0.05, 0.1) is 34.1 Å². The van der Waals surface area contributed by atoms with Crippen LogP contribution in [0.2, 0.25) is 5.02 Å². The minimum atomic E-state index is -4.67. The number of nitrogen functional groups attached to an aromatic ring is 1. The van der Waals surface area contributed by atoms with Gasteiger partial charge in [-0.15, -0.1) is 0 Å². The fraction of sp³-hybridized carbons (Fsp3) is 0.107. The topological polar surface area (TPSA) is 188 Å². The average molecular weight is 658 g/mol. The summed E-state index contributed by atoms with van der Waals surface area (Å²) in [4.78, 5) is 27.1. The quantitative estimate of drug-likeness (QED) is 0.219. The first-order valence-electron chi connectivity index (χ1n) is 12.8. The van der Waals surface area contributed by atoms with Crippen LogP contribution in [0.15, 0.2) is 71.8 Å². The first kappa shape index (κ1) is 31.4. The molecule has 3 aromatic carbocycles. The number of hydrogen-bond acceptors (Lipinski definition) is 9. The van der Waals surface area contributed by atoms with E-state index in [1.54, 1.807) is 49.4 Å². The highest BCUT2D eigenvalue weighted by molar-refractivity contribution is 7.79. The van der Waals surface area contributed by atoms with Crippen molar-refractivity contribution in [2.75, 3.05) is 12.8 Å². The summed E-state index contributed by atoms with van der Waals surface area (Å²) in [5, 5.41) is 5.37. The summed E-state index contributed by atoms with van der Waals surface area (Å²) in [5.41, 5.74) is 6.87. The zero-order chi connectivity index (χ0) is 32.6. The summed E-state index contributed by atoms with van der Waals surface area (Å²) in [6, 6.07) is 15.9. The van der Waals surface area contributed by atoms with E-state index in [2.05, 4.69) is 15.1 Å². The first-order chi connectivity index (χ1) is 21.3. The van der Waals surface area contributed by atoms with E-state index in [-0.39, 0.29) is 49.8 Å². The van der Waals surface area contributed by atoms with Gasteiger partial charge in [0.25, 0.3) is 5.56 Å². The number of nitrogens with zero attached hydrogens (tertiary/aromatic N) is 6. The summed E-state index contributed by atoms with van der Waals surface area (Å²) < 4.78 is 69.3. The molecule has 0 saturated carbocycles. The van der Waals surface area contributed by atoms with Gasteiger partial charge in [-0.2, -0.15) is 17.9 Å². The fourth-order valence-electron chi connectivity index (χ4n) is 4.75. The van der Waals surface area contributed by atoms with Gasteiger partial charge in [0.1, 0.15) is 29.7 Å². The molecule has 45 heavy (non-hydrogen) atoms. The smallest absolute Gasteiger partial charge is 0.394 e. The van der Waals surface area contributed by atoms with Crippen LogP contribution < -0.4 is 16.0 Å². The molecule has 17 heteroatoms. The molecule has 0 saturated heterocycles. The summed E-state index contributed by atoms with van der Waals surface area (Å²) in [7, 11) is -3.43. The minimum Gasteiger partial charge on any atom is -0.494 e. The van der Waals surface area contributed by atoms with Gasteiger partial charge >= 0.3 is 10.4 Å². The number of para-hydroxylation sites is 1. The summed E-state index contributed by atoms with van der Waals surface area (Å²) >= 11 is 6.41. The molecule has 1 atom stereocenters. The molecule has 232 valence electrons. The molecular weight excluding hydrogens is 636 g/mol. The number of benzene rings is 3. The Balaban J connectivity index is 0.000000743. The number of nitrogens with two attached hydrogens (primary N) is 1. The van der Waals surface area contributed by atoms with Crippen molar-refractivity contribution in [3.63, 3.8) is 0 Å². The number of aromatic nitrogens is 6. The van der Waals surface area contributed by atoms with Gasteiger partial charge in [0.15, 0.2) is 17.2 Å². The number of fused-ring (bicyclic) bond motifs is 2. The third-order valence-corrected chi connectivity index (χ3v) is 6.98. The van der Waals surface area contributed by atoms with Crippen molar-refractivity contribution >= 4 is 49.8 Å². The van der Waals surface area contributed by atoms with E-state index in [4.69, 9.17) is 44.6 Å². The average Bonchev–Trinajstić information content (AvgIpc) is 3.38. The van der Waals surface area contributed by atoms with Crippen LogP contribution in [0.1, 0.15) is 18.8 Å². The van der Waals surface area contributed by atoms with Gasteiger partial charge in [-0.25, -0.2) is 24.0 Å². The third-order valence-electron chi connectivity index (χ3n) is 6.67. The highest BCUT2D eigenvalue weighted by Gasteiger charge is 2.28. The molecule has 0 amide bonds. The van der Waals surface area contributed by atoms with Crippen molar-refractivity contribution in [3.05, 3.63) is 99.8 Å². The molecule has 0 radical (unpaired) electrons. The molecule has 0 aliphatic heterocycles. The second-order valence-electron chi connectivity index (χ2n) is 9.40. The molecule has 3 heterocycles. The number of ether oxygens (including phenoxy) is 1. The molecule has 3 aromatic heterocycles. The van der Waals surface area contributed by atoms with Crippen LogP contribution >= 0.6 is 11.6 Å². The Morgan fingerprint density at radius 1 is 0.978 bits per heavy atom. The zero-order valence-corrected chi connectivity index (χ0v) is 24.8. The second-order valence-corrected chi connectivity index (χ2v) is 10.7. The minimum absolute atomic E-state index is 0.0211. The maximum Gasteiger partial charge on any atom is 0.394 e.